The summed E-state index contributed by atoms with van der Waals surface area (Å²) < 4.78 is 10.8. The highest BCUT2D eigenvalue weighted by molar-refractivity contribution is 5.77. The Morgan fingerprint density at radius 3 is 2.85 bits per heavy atom. The van der Waals surface area contributed by atoms with Crippen molar-refractivity contribution in [2.24, 2.45) is 0 Å². The molecule has 2 aromatic heterocycles. The van der Waals surface area contributed by atoms with Crippen molar-refractivity contribution >= 4 is 22.8 Å². The second kappa shape index (κ2) is 4.69. The van der Waals surface area contributed by atoms with E-state index in [0.29, 0.717) is 23.7 Å². The molecular weight excluding hydrogens is 262 g/mol. The van der Waals surface area contributed by atoms with E-state index in [0.717, 1.165) is 11.5 Å². The van der Waals surface area contributed by atoms with Crippen LogP contribution in [0.25, 0.3) is 11.1 Å². The van der Waals surface area contributed by atoms with Gasteiger partial charge in [0.15, 0.2) is 5.58 Å². The molecule has 0 atom stereocenters. The van der Waals surface area contributed by atoms with Crippen molar-refractivity contribution in [1.82, 2.24) is 4.98 Å². The van der Waals surface area contributed by atoms with Crippen LogP contribution in [-0.4, -0.2) is 9.91 Å². The van der Waals surface area contributed by atoms with Crippen LogP contribution in [0.15, 0.2) is 39.2 Å². The van der Waals surface area contributed by atoms with E-state index >= 15 is 0 Å². The number of nitrogens with one attached hydrogen (secondary N) is 1. The Labute approximate surface area is 113 Å². The first-order valence-electron chi connectivity index (χ1n) is 5.96. The van der Waals surface area contributed by atoms with Crippen LogP contribution in [-0.2, 0) is 6.54 Å². The van der Waals surface area contributed by atoms with Crippen molar-refractivity contribution in [3.63, 3.8) is 0 Å². The number of nitro benzene ring substituents is 1. The Hall–Kier alpha value is -2.83. The molecule has 1 aromatic carbocycles. The van der Waals surface area contributed by atoms with Crippen LogP contribution < -0.4 is 5.32 Å². The lowest BCUT2D eigenvalue weighted by molar-refractivity contribution is -0.384. The number of hydrogen-bond donors (Lipinski definition) is 1. The summed E-state index contributed by atoms with van der Waals surface area (Å²) in [5, 5.41) is 13.7. The maximum Gasteiger partial charge on any atom is 0.296 e. The van der Waals surface area contributed by atoms with Crippen molar-refractivity contribution in [2.45, 2.75) is 13.5 Å². The number of anilines is 1. The molecule has 20 heavy (non-hydrogen) atoms. The second-order valence-electron chi connectivity index (χ2n) is 4.29. The quantitative estimate of drug-likeness (QED) is 0.579. The van der Waals surface area contributed by atoms with E-state index in [-0.39, 0.29) is 5.69 Å². The molecule has 7 heteroatoms. The summed E-state index contributed by atoms with van der Waals surface area (Å²) >= 11 is 0. The Morgan fingerprint density at radius 1 is 1.30 bits per heavy atom. The highest BCUT2D eigenvalue weighted by Gasteiger charge is 2.11. The lowest BCUT2D eigenvalue weighted by atomic mass is 10.3. The Balaban J connectivity index is 1.80. The van der Waals surface area contributed by atoms with Crippen LogP contribution in [0, 0.1) is 17.0 Å². The van der Waals surface area contributed by atoms with Crippen LogP contribution in [0.5, 0.6) is 0 Å². The van der Waals surface area contributed by atoms with Crippen LogP contribution in [0.2, 0.25) is 0 Å². The van der Waals surface area contributed by atoms with Crippen molar-refractivity contribution in [2.75, 3.05) is 5.32 Å². The molecule has 0 amide bonds. The fraction of sp³-hybridized carbons (Fsp3) is 0.154. The van der Waals surface area contributed by atoms with Crippen molar-refractivity contribution in [3.05, 3.63) is 52.0 Å². The SMILES string of the molecule is Cc1ccc(CNc2nc3ccc([N+](=O)[O-])cc3o2)o1. The van der Waals surface area contributed by atoms with Crippen LogP contribution in [0.4, 0.5) is 11.7 Å². The molecule has 0 spiro atoms. The number of nitrogens with zero attached hydrogens (tertiary/aromatic N) is 2. The van der Waals surface area contributed by atoms with E-state index in [2.05, 4.69) is 10.3 Å². The summed E-state index contributed by atoms with van der Waals surface area (Å²) in [6.07, 6.45) is 0. The lowest BCUT2D eigenvalue weighted by Gasteiger charge is -1.97. The van der Waals surface area contributed by atoms with Gasteiger partial charge in [0.05, 0.1) is 17.5 Å². The highest BCUT2D eigenvalue weighted by Crippen LogP contribution is 2.24. The van der Waals surface area contributed by atoms with Gasteiger partial charge in [-0.15, -0.1) is 0 Å². The predicted molar refractivity (Wildman–Crippen MR) is 71.4 cm³/mol. The number of furan rings is 1. The lowest BCUT2D eigenvalue weighted by Crippen LogP contribution is -1.97. The molecule has 0 fully saturated rings. The highest BCUT2D eigenvalue weighted by atomic mass is 16.6. The molecule has 0 saturated heterocycles. The molecule has 0 unspecified atom stereocenters. The van der Waals surface area contributed by atoms with E-state index in [1.807, 2.05) is 19.1 Å². The maximum absolute atomic E-state index is 10.7. The average Bonchev–Trinajstić information content (AvgIpc) is 3.00. The first-order chi connectivity index (χ1) is 9.61. The summed E-state index contributed by atoms with van der Waals surface area (Å²) in [7, 11) is 0. The summed E-state index contributed by atoms with van der Waals surface area (Å²) in [5.41, 5.74) is 0.910. The third kappa shape index (κ3) is 2.33. The third-order valence-electron chi connectivity index (χ3n) is 2.79. The second-order valence-corrected chi connectivity index (χ2v) is 4.29. The summed E-state index contributed by atoms with van der Waals surface area (Å²) in [6, 6.07) is 8.32. The number of rotatable bonds is 4. The standard InChI is InChI=1S/C13H11N3O4/c1-8-2-4-10(19-8)7-14-13-15-11-5-3-9(16(17)18)6-12(11)20-13/h2-6H,7H2,1H3,(H,14,15). The number of fused-ring (bicyclic) bond motifs is 1. The van der Waals surface area contributed by atoms with Crippen molar-refractivity contribution < 1.29 is 13.8 Å². The van der Waals surface area contributed by atoms with Crippen LogP contribution in [0.1, 0.15) is 11.5 Å². The van der Waals surface area contributed by atoms with Crippen LogP contribution >= 0.6 is 0 Å². The number of non-ortho nitro benzene ring substituents is 1. The minimum absolute atomic E-state index is 0.0261. The van der Waals surface area contributed by atoms with Gasteiger partial charge in [-0.2, -0.15) is 4.98 Å². The number of aromatic nitrogens is 1. The molecule has 0 aliphatic carbocycles. The minimum atomic E-state index is -0.472. The molecule has 0 aliphatic heterocycles. The molecule has 3 aromatic rings. The topological polar surface area (TPSA) is 94.3 Å². The molecule has 0 aliphatic rings. The van der Waals surface area contributed by atoms with E-state index in [1.54, 1.807) is 6.07 Å². The zero-order valence-electron chi connectivity index (χ0n) is 10.6. The molecule has 0 radical (unpaired) electrons. The van der Waals surface area contributed by atoms with E-state index in [4.69, 9.17) is 8.83 Å². The number of hydrogen-bond acceptors (Lipinski definition) is 6. The van der Waals surface area contributed by atoms with Gasteiger partial charge in [0.25, 0.3) is 11.7 Å². The normalized spacial score (nSPS) is 10.8. The summed E-state index contributed by atoms with van der Waals surface area (Å²) in [4.78, 5) is 14.4. The average molecular weight is 273 g/mol. The van der Waals surface area contributed by atoms with Gasteiger partial charge in [0.2, 0.25) is 0 Å². The Bertz CT molecular complexity index is 775. The predicted octanol–water partition coefficient (Wildman–Crippen LogP) is 3.25. The minimum Gasteiger partial charge on any atom is -0.465 e. The maximum atomic E-state index is 10.7. The van der Waals surface area contributed by atoms with Crippen LogP contribution in [0.3, 0.4) is 0 Å². The Kier molecular flexibility index (Phi) is 2.86. The molecular formula is C13H11N3O4. The smallest absolute Gasteiger partial charge is 0.296 e. The van der Waals surface area contributed by atoms with E-state index < -0.39 is 4.92 Å². The first-order valence-corrected chi connectivity index (χ1v) is 5.96. The zero-order chi connectivity index (χ0) is 14.1. The Morgan fingerprint density at radius 2 is 2.15 bits per heavy atom. The number of nitro groups is 1. The van der Waals surface area contributed by atoms with Gasteiger partial charge in [0, 0.05) is 6.07 Å². The zero-order valence-corrected chi connectivity index (χ0v) is 10.6. The number of oxazole rings is 1. The van der Waals surface area contributed by atoms with Gasteiger partial charge in [-0.3, -0.25) is 10.1 Å². The summed E-state index contributed by atoms with van der Waals surface area (Å²) in [5.74, 6) is 1.59. The van der Waals surface area contributed by atoms with Gasteiger partial charge in [-0.05, 0) is 25.1 Å². The van der Waals surface area contributed by atoms with Gasteiger partial charge in [0.1, 0.15) is 17.0 Å². The van der Waals surface area contributed by atoms with Gasteiger partial charge in [-0.1, -0.05) is 0 Å². The van der Waals surface area contributed by atoms with Crippen molar-refractivity contribution in [3.8, 4) is 0 Å². The largest absolute Gasteiger partial charge is 0.465 e. The molecule has 0 bridgehead atoms. The molecule has 2 heterocycles. The first kappa shape index (κ1) is 12.2. The molecule has 1 N–H and O–H groups in total. The fourth-order valence-corrected chi connectivity index (χ4v) is 1.85. The monoisotopic (exact) mass is 273 g/mol. The van der Waals surface area contributed by atoms with Gasteiger partial charge >= 0.3 is 0 Å². The third-order valence-corrected chi connectivity index (χ3v) is 2.79. The fourth-order valence-electron chi connectivity index (χ4n) is 1.85. The summed E-state index contributed by atoms with van der Waals surface area (Å²) in [6.45, 7) is 2.30. The number of benzene rings is 1. The van der Waals surface area contributed by atoms with E-state index in [9.17, 15) is 10.1 Å². The van der Waals surface area contributed by atoms with Crippen molar-refractivity contribution in [1.29, 1.82) is 0 Å². The van der Waals surface area contributed by atoms with E-state index in [1.165, 1.54) is 12.1 Å². The molecule has 0 saturated carbocycles. The van der Waals surface area contributed by atoms with Gasteiger partial charge < -0.3 is 14.2 Å². The molecule has 7 nitrogen and oxygen atoms in total. The van der Waals surface area contributed by atoms with Gasteiger partial charge in [-0.25, -0.2) is 0 Å². The molecule has 3 rings (SSSR count). The number of aryl methyl sites for hydroxylation is 1. The molecule has 102 valence electrons.